The molecule has 0 amide bonds. The van der Waals surface area contributed by atoms with Crippen molar-refractivity contribution in [1.82, 2.24) is 9.58 Å². The zero-order valence-corrected chi connectivity index (χ0v) is 14.6. The van der Waals surface area contributed by atoms with E-state index in [0.29, 0.717) is 18.7 Å². The van der Waals surface area contributed by atoms with E-state index in [1.165, 1.54) is 11.2 Å². The lowest BCUT2D eigenvalue weighted by Crippen LogP contribution is -2.27. The number of hydrogen-bond donors (Lipinski definition) is 3. The molecule has 0 aliphatic carbocycles. The van der Waals surface area contributed by atoms with Crippen LogP contribution in [0.1, 0.15) is 23.6 Å². The van der Waals surface area contributed by atoms with Crippen LogP contribution in [-0.2, 0) is 17.9 Å². The number of aliphatic carboxylic acids is 1. The fraction of sp³-hybridized carbons (Fsp3) is 0.158. The molecular formula is C19H22N4O3. The molecule has 2 aromatic rings. The third kappa shape index (κ3) is 4.84. The molecule has 0 bridgehead atoms. The van der Waals surface area contributed by atoms with Gasteiger partial charge in [-0.15, -0.1) is 0 Å². The minimum Gasteiger partial charge on any atom is -0.477 e. The summed E-state index contributed by atoms with van der Waals surface area (Å²) in [6.45, 7) is 6.38. The van der Waals surface area contributed by atoms with Crippen molar-refractivity contribution in [3.8, 4) is 0 Å². The standard InChI is InChI=1S/C19H22N4O3/c1-13(2)16-4-3-9-22(18(16)24)10-14-5-7-15(8-6-14)11-23(21)12-17(20)19(25)26/h3-9,12H,1,10-11,20-21H2,2H3,(H,25,26)/b17-12-. The highest BCUT2D eigenvalue weighted by atomic mass is 16.4. The molecule has 26 heavy (non-hydrogen) atoms. The fourth-order valence-corrected chi connectivity index (χ4v) is 2.42. The van der Waals surface area contributed by atoms with E-state index in [4.69, 9.17) is 16.7 Å². The van der Waals surface area contributed by atoms with Crippen LogP contribution in [-0.4, -0.2) is 20.7 Å². The number of hydrazine groups is 1. The number of nitrogens with zero attached hydrogens (tertiary/aromatic N) is 2. The maximum Gasteiger partial charge on any atom is 0.353 e. The highest BCUT2D eigenvalue weighted by Gasteiger charge is 2.06. The third-order valence-electron chi connectivity index (χ3n) is 3.77. The number of aromatic nitrogens is 1. The number of pyridine rings is 1. The van der Waals surface area contributed by atoms with Gasteiger partial charge in [-0.2, -0.15) is 0 Å². The van der Waals surface area contributed by atoms with Crippen LogP contribution in [0.25, 0.3) is 5.57 Å². The highest BCUT2D eigenvalue weighted by Crippen LogP contribution is 2.09. The van der Waals surface area contributed by atoms with Gasteiger partial charge in [0.25, 0.3) is 5.56 Å². The molecule has 0 saturated carbocycles. The van der Waals surface area contributed by atoms with Crippen LogP contribution in [0.4, 0.5) is 0 Å². The molecule has 1 aromatic heterocycles. The van der Waals surface area contributed by atoms with E-state index >= 15 is 0 Å². The molecule has 0 fully saturated rings. The topological polar surface area (TPSA) is 115 Å². The summed E-state index contributed by atoms with van der Waals surface area (Å²) < 4.78 is 1.63. The second-order valence-corrected chi connectivity index (χ2v) is 6.01. The van der Waals surface area contributed by atoms with Crippen molar-refractivity contribution in [3.05, 3.63) is 88.1 Å². The Morgan fingerprint density at radius 1 is 1.27 bits per heavy atom. The summed E-state index contributed by atoms with van der Waals surface area (Å²) in [7, 11) is 0. The van der Waals surface area contributed by atoms with Crippen LogP contribution < -0.4 is 17.1 Å². The molecule has 0 radical (unpaired) electrons. The Hall–Kier alpha value is -3.32. The summed E-state index contributed by atoms with van der Waals surface area (Å²) in [5.41, 5.74) is 8.10. The van der Waals surface area contributed by atoms with E-state index in [2.05, 4.69) is 6.58 Å². The van der Waals surface area contributed by atoms with Gasteiger partial charge < -0.3 is 20.4 Å². The van der Waals surface area contributed by atoms with Gasteiger partial charge in [-0.3, -0.25) is 4.79 Å². The zero-order chi connectivity index (χ0) is 19.3. The number of benzene rings is 1. The minimum absolute atomic E-state index is 0.0773. The maximum absolute atomic E-state index is 12.4. The molecule has 2 rings (SSSR count). The first-order chi connectivity index (χ1) is 12.3. The number of carboxylic acids is 1. The molecule has 1 heterocycles. The number of rotatable bonds is 7. The van der Waals surface area contributed by atoms with Crippen molar-refractivity contribution in [1.29, 1.82) is 0 Å². The summed E-state index contributed by atoms with van der Waals surface area (Å²) in [6.07, 6.45) is 2.91. The SMILES string of the molecule is C=C(C)c1cccn(Cc2ccc(CN(N)/C=C(\N)C(=O)O)cc2)c1=O. The van der Waals surface area contributed by atoms with Crippen molar-refractivity contribution < 1.29 is 9.90 Å². The van der Waals surface area contributed by atoms with Gasteiger partial charge in [0, 0.05) is 18.0 Å². The van der Waals surface area contributed by atoms with Gasteiger partial charge in [0.15, 0.2) is 0 Å². The quantitative estimate of drug-likeness (QED) is 0.394. The average molecular weight is 354 g/mol. The lowest BCUT2D eigenvalue weighted by atomic mass is 10.1. The molecule has 5 N–H and O–H groups in total. The van der Waals surface area contributed by atoms with Gasteiger partial charge in [-0.05, 0) is 35.8 Å². The number of carbonyl (C=O) groups is 1. The van der Waals surface area contributed by atoms with E-state index in [9.17, 15) is 9.59 Å². The van der Waals surface area contributed by atoms with E-state index in [1.54, 1.807) is 23.8 Å². The fourth-order valence-electron chi connectivity index (χ4n) is 2.42. The van der Waals surface area contributed by atoms with Crippen molar-refractivity contribution in [2.24, 2.45) is 11.6 Å². The van der Waals surface area contributed by atoms with Gasteiger partial charge in [0.1, 0.15) is 5.70 Å². The van der Waals surface area contributed by atoms with Crippen LogP contribution >= 0.6 is 0 Å². The second kappa shape index (κ2) is 8.17. The van der Waals surface area contributed by atoms with Crippen molar-refractivity contribution in [3.63, 3.8) is 0 Å². The first-order valence-electron chi connectivity index (χ1n) is 7.93. The zero-order valence-electron chi connectivity index (χ0n) is 14.6. The molecule has 0 saturated heterocycles. The summed E-state index contributed by atoms with van der Waals surface area (Å²) >= 11 is 0. The molecule has 136 valence electrons. The van der Waals surface area contributed by atoms with Crippen LogP contribution in [0.3, 0.4) is 0 Å². The summed E-state index contributed by atoms with van der Waals surface area (Å²) in [5, 5.41) is 9.95. The van der Waals surface area contributed by atoms with Crippen molar-refractivity contribution in [2.45, 2.75) is 20.0 Å². The van der Waals surface area contributed by atoms with Gasteiger partial charge in [-0.1, -0.05) is 30.8 Å². The maximum atomic E-state index is 12.4. The molecule has 7 nitrogen and oxygen atoms in total. The molecule has 0 atom stereocenters. The van der Waals surface area contributed by atoms with E-state index in [1.807, 2.05) is 30.3 Å². The first kappa shape index (κ1) is 19.0. The Morgan fingerprint density at radius 3 is 2.46 bits per heavy atom. The van der Waals surface area contributed by atoms with Gasteiger partial charge >= 0.3 is 5.97 Å². The Bertz CT molecular complexity index is 898. The first-order valence-corrected chi connectivity index (χ1v) is 7.93. The Morgan fingerprint density at radius 2 is 1.88 bits per heavy atom. The number of carboxylic acid groups (broad SMARTS) is 1. The largest absolute Gasteiger partial charge is 0.477 e. The molecule has 0 aliphatic rings. The second-order valence-electron chi connectivity index (χ2n) is 6.01. The minimum atomic E-state index is -1.22. The van der Waals surface area contributed by atoms with Crippen molar-refractivity contribution in [2.75, 3.05) is 0 Å². The van der Waals surface area contributed by atoms with Crippen LogP contribution in [0, 0.1) is 0 Å². The molecule has 0 spiro atoms. The molecule has 7 heteroatoms. The monoisotopic (exact) mass is 354 g/mol. The summed E-state index contributed by atoms with van der Waals surface area (Å²) in [6, 6.07) is 11.1. The Kier molecular flexibility index (Phi) is 5.98. The number of hydrogen-bond acceptors (Lipinski definition) is 5. The predicted molar refractivity (Wildman–Crippen MR) is 101 cm³/mol. The van der Waals surface area contributed by atoms with Crippen molar-refractivity contribution >= 4 is 11.5 Å². The Labute approximate surface area is 151 Å². The molecular weight excluding hydrogens is 332 g/mol. The van der Waals surface area contributed by atoms with E-state index in [-0.39, 0.29) is 11.3 Å². The van der Waals surface area contributed by atoms with Crippen LogP contribution in [0.5, 0.6) is 0 Å². The predicted octanol–water partition coefficient (Wildman–Crippen LogP) is 1.49. The Balaban J connectivity index is 2.10. The smallest absolute Gasteiger partial charge is 0.353 e. The summed E-state index contributed by atoms with van der Waals surface area (Å²) in [5.74, 6) is 4.51. The van der Waals surface area contributed by atoms with Gasteiger partial charge in [0.05, 0.1) is 13.1 Å². The van der Waals surface area contributed by atoms with E-state index in [0.717, 1.165) is 16.7 Å². The van der Waals surface area contributed by atoms with Gasteiger partial charge in [-0.25, -0.2) is 10.6 Å². The summed E-state index contributed by atoms with van der Waals surface area (Å²) in [4.78, 5) is 23.1. The normalized spacial score (nSPS) is 11.2. The molecule has 0 aliphatic heterocycles. The number of allylic oxidation sites excluding steroid dienone is 1. The molecule has 1 aromatic carbocycles. The average Bonchev–Trinajstić information content (AvgIpc) is 2.58. The van der Waals surface area contributed by atoms with E-state index < -0.39 is 5.97 Å². The van der Waals surface area contributed by atoms with Gasteiger partial charge in [0.2, 0.25) is 0 Å². The number of nitrogens with two attached hydrogens (primary N) is 2. The lowest BCUT2D eigenvalue weighted by molar-refractivity contribution is -0.132. The molecule has 0 unspecified atom stereocenters. The third-order valence-corrected chi connectivity index (χ3v) is 3.77. The highest BCUT2D eigenvalue weighted by molar-refractivity contribution is 5.85. The lowest BCUT2D eigenvalue weighted by Gasteiger charge is -2.14. The van der Waals surface area contributed by atoms with Crippen LogP contribution in [0.2, 0.25) is 0 Å². The van der Waals surface area contributed by atoms with Crippen LogP contribution in [0.15, 0.2) is 65.9 Å².